The molecule has 11 N–H and O–H groups in total. The molecule has 5 atom stereocenters. The summed E-state index contributed by atoms with van der Waals surface area (Å²) in [6, 6.07) is -5.72. The molecule has 0 bridgehead atoms. The number of primary amides is 1. The number of nitrogens with zero attached hydrogens (tertiary/aromatic N) is 1. The van der Waals surface area contributed by atoms with Gasteiger partial charge in [-0.3, -0.25) is 24.0 Å². The quantitative estimate of drug-likeness (QED) is 0.104. The van der Waals surface area contributed by atoms with E-state index in [1.807, 2.05) is 0 Å². The lowest BCUT2D eigenvalue weighted by molar-refractivity contribution is -0.143. The first-order valence-corrected chi connectivity index (χ1v) is 10.9. The second-order valence-corrected chi connectivity index (χ2v) is 8.01. The van der Waals surface area contributed by atoms with Crippen LogP contribution in [0.2, 0.25) is 0 Å². The number of aliphatic carboxylic acids is 2. The highest BCUT2D eigenvalue weighted by Gasteiger charge is 2.31. The predicted molar refractivity (Wildman–Crippen MR) is 121 cm³/mol. The van der Waals surface area contributed by atoms with Crippen molar-refractivity contribution >= 4 is 35.6 Å². The first-order chi connectivity index (χ1) is 16.8. The number of nitrogens with two attached hydrogens (primary N) is 2. The summed E-state index contributed by atoms with van der Waals surface area (Å²) in [5.74, 6) is -6.34. The Morgan fingerprint density at radius 2 is 1.50 bits per heavy atom. The van der Waals surface area contributed by atoms with Crippen molar-refractivity contribution in [1.29, 1.82) is 0 Å². The van der Waals surface area contributed by atoms with Gasteiger partial charge < -0.3 is 47.7 Å². The van der Waals surface area contributed by atoms with E-state index in [0.29, 0.717) is 5.69 Å². The van der Waals surface area contributed by atoms with Crippen LogP contribution in [0.3, 0.4) is 0 Å². The number of H-pyrrole nitrogens is 1. The average molecular weight is 514 g/mol. The second kappa shape index (κ2) is 14.4. The van der Waals surface area contributed by atoms with Gasteiger partial charge in [0, 0.05) is 31.2 Å². The van der Waals surface area contributed by atoms with Gasteiger partial charge in [0.2, 0.25) is 23.6 Å². The van der Waals surface area contributed by atoms with Gasteiger partial charge in [0.25, 0.3) is 0 Å². The highest BCUT2D eigenvalue weighted by molar-refractivity contribution is 5.94. The van der Waals surface area contributed by atoms with E-state index in [1.165, 1.54) is 19.4 Å². The molecule has 1 aromatic heterocycles. The highest BCUT2D eigenvalue weighted by Crippen LogP contribution is 2.06. The van der Waals surface area contributed by atoms with Gasteiger partial charge in [0.15, 0.2) is 0 Å². The van der Waals surface area contributed by atoms with Gasteiger partial charge in [0.05, 0.1) is 12.4 Å². The van der Waals surface area contributed by atoms with Gasteiger partial charge in [-0.2, -0.15) is 0 Å². The molecule has 0 spiro atoms. The Hall–Kier alpha value is -4.05. The first kappa shape index (κ1) is 30.0. The summed E-state index contributed by atoms with van der Waals surface area (Å²) in [4.78, 5) is 78.2. The van der Waals surface area contributed by atoms with E-state index < -0.39 is 78.7 Å². The van der Waals surface area contributed by atoms with E-state index in [2.05, 4.69) is 25.9 Å². The third kappa shape index (κ3) is 10.5. The van der Waals surface area contributed by atoms with E-state index in [4.69, 9.17) is 16.6 Å². The topological polar surface area (TPSA) is 280 Å². The molecule has 0 aromatic carbocycles. The maximum absolute atomic E-state index is 13.0. The third-order valence-corrected chi connectivity index (χ3v) is 5.01. The molecule has 1 rings (SSSR count). The number of hydrogen-bond donors (Lipinski definition) is 9. The van der Waals surface area contributed by atoms with Gasteiger partial charge in [-0.25, -0.2) is 9.78 Å². The molecule has 0 radical (unpaired) electrons. The summed E-state index contributed by atoms with van der Waals surface area (Å²) in [5, 5.41) is 34.7. The molecule has 16 nitrogen and oxygen atoms in total. The number of amides is 4. The minimum atomic E-state index is -1.53. The molecule has 200 valence electrons. The zero-order valence-corrected chi connectivity index (χ0v) is 19.5. The van der Waals surface area contributed by atoms with Crippen LogP contribution in [0.1, 0.15) is 38.3 Å². The van der Waals surface area contributed by atoms with Crippen molar-refractivity contribution in [2.45, 2.75) is 69.3 Å². The Labute approximate surface area is 205 Å². The van der Waals surface area contributed by atoms with E-state index in [1.54, 1.807) is 0 Å². The Morgan fingerprint density at radius 3 is 2.00 bits per heavy atom. The molecule has 0 aliphatic rings. The molecule has 36 heavy (non-hydrogen) atoms. The van der Waals surface area contributed by atoms with Crippen LogP contribution in [0, 0.1) is 0 Å². The van der Waals surface area contributed by atoms with Crippen LogP contribution in [0.5, 0.6) is 0 Å². The van der Waals surface area contributed by atoms with Crippen LogP contribution in [0.4, 0.5) is 0 Å². The Bertz CT molecular complexity index is 936. The molecular weight excluding hydrogens is 482 g/mol. The molecule has 0 saturated heterocycles. The van der Waals surface area contributed by atoms with Gasteiger partial charge in [-0.15, -0.1) is 0 Å². The van der Waals surface area contributed by atoms with Crippen LogP contribution in [-0.4, -0.2) is 91.1 Å². The summed E-state index contributed by atoms with van der Waals surface area (Å²) in [7, 11) is 0. The lowest BCUT2D eigenvalue weighted by Gasteiger charge is -2.25. The lowest BCUT2D eigenvalue weighted by atomic mass is 10.1. The summed E-state index contributed by atoms with van der Waals surface area (Å²) in [6.45, 7) is 1.28. The monoisotopic (exact) mass is 513 g/mol. The lowest BCUT2D eigenvalue weighted by Crippen LogP contribution is -2.58. The van der Waals surface area contributed by atoms with Gasteiger partial charge >= 0.3 is 11.9 Å². The molecular formula is C20H31N7O9. The van der Waals surface area contributed by atoms with E-state index in [-0.39, 0.29) is 19.3 Å². The number of hydrogen-bond acceptors (Lipinski definition) is 9. The molecule has 1 aromatic rings. The normalized spacial score (nSPS) is 15.0. The number of imidazole rings is 1. The maximum atomic E-state index is 13.0. The van der Waals surface area contributed by atoms with E-state index in [9.17, 15) is 39.0 Å². The second-order valence-electron chi connectivity index (χ2n) is 8.01. The summed E-state index contributed by atoms with van der Waals surface area (Å²) in [6.07, 6.45) is -0.288. The minimum absolute atomic E-state index is 0.131. The number of carboxylic acids is 2. The fourth-order valence-corrected chi connectivity index (χ4v) is 2.94. The Balaban J connectivity index is 3.08. The van der Waals surface area contributed by atoms with Crippen molar-refractivity contribution in [2.24, 2.45) is 11.5 Å². The van der Waals surface area contributed by atoms with E-state index in [0.717, 1.165) is 0 Å². The number of aromatic amines is 1. The summed E-state index contributed by atoms with van der Waals surface area (Å²) >= 11 is 0. The average Bonchev–Trinajstić information content (AvgIpc) is 3.30. The fourth-order valence-electron chi connectivity index (χ4n) is 2.94. The Kier molecular flexibility index (Phi) is 12.0. The molecule has 0 aliphatic carbocycles. The van der Waals surface area contributed by atoms with E-state index >= 15 is 0 Å². The van der Waals surface area contributed by atoms with Crippen LogP contribution >= 0.6 is 0 Å². The molecule has 5 unspecified atom stereocenters. The van der Waals surface area contributed by atoms with Crippen molar-refractivity contribution in [2.75, 3.05) is 0 Å². The van der Waals surface area contributed by atoms with Gasteiger partial charge in [-0.05, 0) is 19.8 Å². The molecule has 0 saturated carbocycles. The number of aliphatic hydroxyl groups is 1. The van der Waals surface area contributed by atoms with Crippen molar-refractivity contribution in [3.8, 4) is 0 Å². The highest BCUT2D eigenvalue weighted by atomic mass is 16.4. The molecule has 0 fully saturated rings. The number of carbonyl (C=O) groups excluding carboxylic acids is 4. The molecule has 16 heteroatoms. The van der Waals surface area contributed by atoms with Crippen molar-refractivity contribution in [1.82, 2.24) is 25.9 Å². The standard InChI is InChI=1S/C20H31N7O9/c1-9(28)16(22)19(34)27-13(6-10-7-23-8-24-10)18(33)25-11(3-5-15(30)31)17(32)26-12(20(35)36)2-4-14(21)29/h7-9,11-13,16,28H,2-6,22H2,1H3,(H2,21,29)(H,23,24)(H,25,33)(H,26,32)(H,27,34)(H,30,31)(H,35,36). The van der Waals surface area contributed by atoms with Crippen molar-refractivity contribution in [3.63, 3.8) is 0 Å². The molecule has 1 heterocycles. The minimum Gasteiger partial charge on any atom is -0.481 e. The molecule has 0 aliphatic heterocycles. The zero-order valence-electron chi connectivity index (χ0n) is 19.5. The van der Waals surface area contributed by atoms with Crippen LogP contribution in [0.15, 0.2) is 12.5 Å². The number of aliphatic hydroxyl groups excluding tert-OH is 1. The number of nitrogens with one attached hydrogen (secondary N) is 4. The zero-order chi connectivity index (χ0) is 27.4. The fraction of sp³-hybridized carbons (Fsp3) is 0.550. The van der Waals surface area contributed by atoms with Crippen molar-refractivity contribution < 1.29 is 44.1 Å². The van der Waals surface area contributed by atoms with Crippen LogP contribution in [-0.2, 0) is 35.2 Å². The predicted octanol–water partition coefficient (Wildman–Crippen LogP) is -3.67. The molecule has 4 amide bonds. The number of aromatic nitrogens is 2. The number of rotatable bonds is 16. The first-order valence-electron chi connectivity index (χ1n) is 10.9. The van der Waals surface area contributed by atoms with Gasteiger partial charge in [-0.1, -0.05) is 0 Å². The largest absolute Gasteiger partial charge is 0.481 e. The van der Waals surface area contributed by atoms with Gasteiger partial charge in [0.1, 0.15) is 24.2 Å². The smallest absolute Gasteiger partial charge is 0.326 e. The van der Waals surface area contributed by atoms with Crippen LogP contribution in [0.25, 0.3) is 0 Å². The SMILES string of the molecule is CC(O)C(N)C(=O)NC(Cc1cnc[nH]1)C(=O)NC(CCC(=O)O)C(=O)NC(CCC(N)=O)C(=O)O. The summed E-state index contributed by atoms with van der Waals surface area (Å²) in [5.41, 5.74) is 11.0. The number of carbonyl (C=O) groups is 6. The Morgan fingerprint density at radius 1 is 0.944 bits per heavy atom. The third-order valence-electron chi connectivity index (χ3n) is 5.01. The number of carboxylic acid groups (broad SMARTS) is 2. The van der Waals surface area contributed by atoms with Crippen molar-refractivity contribution in [3.05, 3.63) is 18.2 Å². The maximum Gasteiger partial charge on any atom is 0.326 e. The summed E-state index contributed by atoms with van der Waals surface area (Å²) < 4.78 is 0. The van der Waals surface area contributed by atoms with Crippen LogP contribution < -0.4 is 27.4 Å².